The van der Waals surface area contributed by atoms with Gasteiger partial charge in [-0.1, -0.05) is 23.8 Å². The van der Waals surface area contributed by atoms with E-state index in [0.717, 1.165) is 17.0 Å². The van der Waals surface area contributed by atoms with Gasteiger partial charge in [-0.15, -0.1) is 11.3 Å². The minimum Gasteiger partial charge on any atom is -0.349 e. The summed E-state index contributed by atoms with van der Waals surface area (Å²) >= 11 is 1.51. The van der Waals surface area contributed by atoms with Crippen LogP contribution < -0.4 is 10.6 Å². The fraction of sp³-hybridized carbons (Fsp3) is 0.263. The van der Waals surface area contributed by atoms with Crippen LogP contribution in [0.2, 0.25) is 0 Å². The molecule has 0 aliphatic carbocycles. The van der Waals surface area contributed by atoms with Crippen molar-refractivity contribution in [1.29, 1.82) is 0 Å². The van der Waals surface area contributed by atoms with Crippen molar-refractivity contribution >= 4 is 29.2 Å². The van der Waals surface area contributed by atoms with Crippen LogP contribution in [0.3, 0.4) is 0 Å². The van der Waals surface area contributed by atoms with E-state index in [1.165, 1.54) is 11.3 Å². The van der Waals surface area contributed by atoms with Crippen molar-refractivity contribution in [2.45, 2.75) is 6.92 Å². The Morgan fingerprint density at radius 3 is 2.64 bits per heavy atom. The Hall–Kier alpha value is -2.44. The lowest BCUT2D eigenvalue weighted by molar-refractivity contribution is -0.117. The first-order valence-corrected chi connectivity index (χ1v) is 8.90. The van der Waals surface area contributed by atoms with E-state index in [0.29, 0.717) is 12.1 Å². The number of carbonyl (C=O) groups is 2. The number of benzene rings is 1. The molecule has 0 bridgehead atoms. The van der Waals surface area contributed by atoms with Crippen molar-refractivity contribution in [3.63, 3.8) is 0 Å². The summed E-state index contributed by atoms with van der Waals surface area (Å²) < 4.78 is 0. The predicted molar refractivity (Wildman–Crippen MR) is 103 cm³/mol. The van der Waals surface area contributed by atoms with Crippen LogP contribution in [0.5, 0.6) is 0 Å². The molecule has 6 heteroatoms. The van der Waals surface area contributed by atoms with Crippen molar-refractivity contribution in [2.75, 3.05) is 27.2 Å². The fourth-order valence-electron chi connectivity index (χ4n) is 2.14. The molecule has 1 heterocycles. The van der Waals surface area contributed by atoms with Gasteiger partial charge in [0.1, 0.15) is 5.70 Å². The van der Waals surface area contributed by atoms with E-state index in [9.17, 15) is 9.59 Å². The molecule has 0 radical (unpaired) electrons. The van der Waals surface area contributed by atoms with Gasteiger partial charge < -0.3 is 15.5 Å². The van der Waals surface area contributed by atoms with Crippen molar-refractivity contribution in [1.82, 2.24) is 15.5 Å². The molecule has 1 aromatic heterocycles. The van der Waals surface area contributed by atoms with Crippen molar-refractivity contribution in [3.05, 3.63) is 63.5 Å². The quantitative estimate of drug-likeness (QED) is 0.749. The third-order valence-electron chi connectivity index (χ3n) is 3.45. The van der Waals surface area contributed by atoms with Crippen molar-refractivity contribution < 1.29 is 9.59 Å². The Balaban J connectivity index is 2.14. The van der Waals surface area contributed by atoms with E-state index in [4.69, 9.17) is 0 Å². The van der Waals surface area contributed by atoms with Gasteiger partial charge in [-0.25, -0.2) is 0 Å². The first-order valence-electron chi connectivity index (χ1n) is 8.02. The van der Waals surface area contributed by atoms with Crippen molar-refractivity contribution in [2.24, 2.45) is 0 Å². The molecule has 2 rings (SSSR count). The average molecular weight is 357 g/mol. The van der Waals surface area contributed by atoms with E-state index in [-0.39, 0.29) is 17.5 Å². The Morgan fingerprint density at radius 1 is 1.20 bits per heavy atom. The highest BCUT2D eigenvalue weighted by molar-refractivity contribution is 7.10. The highest BCUT2D eigenvalue weighted by atomic mass is 32.1. The molecule has 2 N–H and O–H groups in total. The molecule has 1 aromatic carbocycles. The molecule has 5 nitrogen and oxygen atoms in total. The van der Waals surface area contributed by atoms with Gasteiger partial charge in [0.15, 0.2) is 0 Å². The smallest absolute Gasteiger partial charge is 0.267 e. The number of amides is 2. The van der Waals surface area contributed by atoms with Crippen LogP contribution in [0.1, 0.15) is 20.8 Å². The molecule has 132 valence electrons. The van der Waals surface area contributed by atoms with Crippen LogP contribution in [0.4, 0.5) is 0 Å². The van der Waals surface area contributed by atoms with E-state index < -0.39 is 0 Å². The minimum absolute atomic E-state index is 0.243. The third-order valence-corrected chi connectivity index (χ3v) is 4.27. The lowest BCUT2D eigenvalue weighted by Gasteiger charge is -2.13. The monoisotopic (exact) mass is 357 g/mol. The second kappa shape index (κ2) is 9.15. The molecule has 2 aromatic rings. The summed E-state index contributed by atoms with van der Waals surface area (Å²) in [6, 6.07) is 11.1. The van der Waals surface area contributed by atoms with Crippen LogP contribution in [0.25, 0.3) is 6.08 Å². The van der Waals surface area contributed by atoms with Crippen LogP contribution in [-0.4, -0.2) is 43.9 Å². The zero-order valence-corrected chi connectivity index (χ0v) is 15.5. The van der Waals surface area contributed by atoms with Gasteiger partial charge in [0.25, 0.3) is 11.8 Å². The summed E-state index contributed by atoms with van der Waals surface area (Å²) in [5.41, 5.74) is 1.76. The molecule has 0 unspecified atom stereocenters. The average Bonchev–Trinajstić information content (AvgIpc) is 3.06. The lowest BCUT2D eigenvalue weighted by atomic mass is 10.1. The van der Waals surface area contributed by atoms with Gasteiger partial charge in [0.2, 0.25) is 0 Å². The third kappa shape index (κ3) is 6.17. The summed E-state index contributed by atoms with van der Waals surface area (Å²) in [4.78, 5) is 27.8. The molecule has 0 aliphatic rings. The number of hydrogen-bond donors (Lipinski definition) is 2. The van der Waals surface area contributed by atoms with E-state index in [2.05, 4.69) is 10.6 Å². The molecule has 25 heavy (non-hydrogen) atoms. The first-order chi connectivity index (χ1) is 12.0. The zero-order valence-electron chi connectivity index (χ0n) is 14.7. The Labute approximate surface area is 152 Å². The van der Waals surface area contributed by atoms with Gasteiger partial charge in [-0.2, -0.15) is 0 Å². The van der Waals surface area contributed by atoms with Crippen LogP contribution in [0, 0.1) is 6.92 Å². The van der Waals surface area contributed by atoms with E-state index in [1.54, 1.807) is 18.2 Å². The number of nitrogens with one attached hydrogen (secondary N) is 2. The molecule has 0 spiro atoms. The number of likely N-dealkylation sites (N-methyl/N-ethyl adjacent to an activating group) is 1. The summed E-state index contributed by atoms with van der Waals surface area (Å²) in [6.07, 6.45) is 1.70. The number of carbonyl (C=O) groups excluding carboxylic acids is 2. The second-order valence-electron chi connectivity index (χ2n) is 5.96. The largest absolute Gasteiger partial charge is 0.349 e. The Bertz CT molecular complexity index is 752. The topological polar surface area (TPSA) is 61.4 Å². The van der Waals surface area contributed by atoms with Gasteiger partial charge in [0, 0.05) is 23.5 Å². The number of aryl methyl sites for hydroxylation is 1. The predicted octanol–water partition coefficient (Wildman–Crippen LogP) is 2.51. The maximum atomic E-state index is 12.5. The van der Waals surface area contributed by atoms with Crippen LogP contribution in [0.15, 0.2) is 47.5 Å². The standard InChI is InChI=1S/C19H23N3O2S/c1-14-6-4-7-15(12-14)18(23)21-17(13-16-8-5-11-25-16)19(24)20-9-10-22(2)3/h4-8,11-13H,9-10H2,1-3H3,(H,20,24)(H,21,23)/b17-13-. The summed E-state index contributed by atoms with van der Waals surface area (Å²) in [6.45, 7) is 3.16. The lowest BCUT2D eigenvalue weighted by Crippen LogP contribution is -2.37. The second-order valence-corrected chi connectivity index (χ2v) is 6.94. The molecule has 0 saturated carbocycles. The fourth-order valence-corrected chi connectivity index (χ4v) is 2.80. The Morgan fingerprint density at radius 2 is 2.00 bits per heavy atom. The van der Waals surface area contributed by atoms with Gasteiger partial charge in [0.05, 0.1) is 0 Å². The molecule has 0 saturated heterocycles. The van der Waals surface area contributed by atoms with Gasteiger partial charge in [-0.3, -0.25) is 9.59 Å². The normalized spacial score (nSPS) is 11.4. The molecule has 0 atom stereocenters. The molecule has 0 fully saturated rings. The highest BCUT2D eigenvalue weighted by Gasteiger charge is 2.14. The zero-order chi connectivity index (χ0) is 18.2. The SMILES string of the molecule is Cc1cccc(C(=O)N/C(=C\c2cccs2)C(=O)NCCN(C)C)c1. The maximum Gasteiger partial charge on any atom is 0.267 e. The minimum atomic E-state index is -0.297. The van der Waals surface area contributed by atoms with Crippen LogP contribution in [-0.2, 0) is 4.79 Å². The Kier molecular flexibility index (Phi) is 6.91. The maximum absolute atomic E-state index is 12.5. The number of rotatable bonds is 7. The van der Waals surface area contributed by atoms with Gasteiger partial charge in [-0.05, 0) is 50.7 Å². The van der Waals surface area contributed by atoms with E-state index in [1.807, 2.05) is 55.6 Å². The van der Waals surface area contributed by atoms with E-state index >= 15 is 0 Å². The number of thiophene rings is 1. The number of hydrogen-bond acceptors (Lipinski definition) is 4. The molecule has 0 aliphatic heterocycles. The summed E-state index contributed by atoms with van der Waals surface area (Å²) in [5, 5.41) is 7.50. The molecule has 2 amide bonds. The molecular formula is C19H23N3O2S. The molecular weight excluding hydrogens is 334 g/mol. The van der Waals surface area contributed by atoms with Gasteiger partial charge >= 0.3 is 0 Å². The highest BCUT2D eigenvalue weighted by Crippen LogP contribution is 2.13. The van der Waals surface area contributed by atoms with Crippen molar-refractivity contribution in [3.8, 4) is 0 Å². The summed E-state index contributed by atoms with van der Waals surface area (Å²) in [7, 11) is 3.88. The summed E-state index contributed by atoms with van der Waals surface area (Å²) in [5.74, 6) is -0.592. The van der Waals surface area contributed by atoms with Crippen LogP contribution >= 0.6 is 11.3 Å². The number of nitrogens with zero attached hydrogens (tertiary/aromatic N) is 1. The first kappa shape index (κ1) is 18.9.